The third-order valence-electron chi connectivity index (χ3n) is 5.19. The molecule has 1 heterocycles. The van der Waals surface area contributed by atoms with Crippen LogP contribution in [0.4, 0.5) is 0 Å². The monoisotopic (exact) mass is 369 g/mol. The zero-order valence-corrected chi connectivity index (χ0v) is 15.5. The van der Waals surface area contributed by atoms with Gasteiger partial charge in [0, 0.05) is 5.69 Å². The topological polar surface area (TPSA) is 74.9 Å². The van der Waals surface area contributed by atoms with Crippen molar-refractivity contribution in [3.05, 3.63) is 99.0 Å². The zero-order chi connectivity index (χ0) is 19.7. The minimum Gasteiger partial charge on any atom is -0.345 e. The summed E-state index contributed by atoms with van der Waals surface area (Å²) < 4.78 is 1.47. The van der Waals surface area contributed by atoms with Crippen LogP contribution in [-0.4, -0.2) is 10.5 Å². The second-order valence-corrected chi connectivity index (χ2v) is 6.95. The molecule has 1 aromatic heterocycles. The van der Waals surface area contributed by atoms with E-state index in [-0.39, 0.29) is 23.1 Å². The van der Waals surface area contributed by atoms with Crippen LogP contribution in [0.5, 0.6) is 0 Å². The van der Waals surface area contributed by atoms with Crippen molar-refractivity contribution in [2.45, 2.75) is 25.8 Å². The molecular formula is C23H19N3O2. The molecule has 1 aliphatic rings. The van der Waals surface area contributed by atoms with Gasteiger partial charge in [-0.1, -0.05) is 30.3 Å². The van der Waals surface area contributed by atoms with Gasteiger partial charge in [0.1, 0.15) is 5.56 Å². The number of carbonyl (C=O) groups excluding carboxylic acids is 1. The molecule has 0 aliphatic heterocycles. The Bertz CT molecular complexity index is 1170. The lowest BCUT2D eigenvalue weighted by Gasteiger charge is -2.16. The minimum atomic E-state index is -0.390. The van der Waals surface area contributed by atoms with E-state index < -0.39 is 0 Å². The average Bonchev–Trinajstić information content (AvgIpc) is 3.11. The van der Waals surface area contributed by atoms with Crippen molar-refractivity contribution in [3.8, 4) is 11.8 Å². The number of nitrogens with one attached hydrogen (secondary N) is 1. The van der Waals surface area contributed by atoms with E-state index in [9.17, 15) is 9.59 Å². The first-order valence-electron chi connectivity index (χ1n) is 9.20. The normalized spacial score (nSPS) is 14.9. The first kappa shape index (κ1) is 17.7. The Morgan fingerprint density at radius 2 is 1.96 bits per heavy atom. The van der Waals surface area contributed by atoms with E-state index in [1.165, 1.54) is 10.1 Å². The number of aryl methyl sites for hydroxylation is 2. The Morgan fingerprint density at radius 3 is 2.79 bits per heavy atom. The Labute approximate surface area is 162 Å². The van der Waals surface area contributed by atoms with Crippen molar-refractivity contribution in [1.29, 1.82) is 5.26 Å². The lowest BCUT2D eigenvalue weighted by molar-refractivity contribution is 0.0935. The number of fused-ring (bicyclic) bond motifs is 1. The molecule has 3 aromatic rings. The van der Waals surface area contributed by atoms with Gasteiger partial charge in [0.05, 0.1) is 23.4 Å². The molecule has 5 nitrogen and oxygen atoms in total. The van der Waals surface area contributed by atoms with Crippen molar-refractivity contribution < 1.29 is 4.79 Å². The highest BCUT2D eigenvalue weighted by Crippen LogP contribution is 2.30. The summed E-state index contributed by atoms with van der Waals surface area (Å²) in [6.45, 7) is 1.80. The molecule has 28 heavy (non-hydrogen) atoms. The van der Waals surface area contributed by atoms with E-state index in [1.807, 2.05) is 18.2 Å². The molecule has 0 saturated heterocycles. The van der Waals surface area contributed by atoms with Gasteiger partial charge in [-0.2, -0.15) is 5.26 Å². The highest BCUT2D eigenvalue weighted by molar-refractivity contribution is 5.94. The number of hydrogen-bond acceptors (Lipinski definition) is 3. The van der Waals surface area contributed by atoms with E-state index in [0.29, 0.717) is 16.9 Å². The number of nitrogens with zero attached hydrogens (tertiary/aromatic N) is 2. The van der Waals surface area contributed by atoms with Crippen LogP contribution in [0.3, 0.4) is 0 Å². The van der Waals surface area contributed by atoms with Crippen LogP contribution in [0.1, 0.15) is 45.2 Å². The maximum absolute atomic E-state index is 13.1. The van der Waals surface area contributed by atoms with Crippen molar-refractivity contribution in [2.75, 3.05) is 0 Å². The van der Waals surface area contributed by atoms with Gasteiger partial charge in [-0.15, -0.1) is 0 Å². The van der Waals surface area contributed by atoms with Gasteiger partial charge in [-0.25, -0.2) is 0 Å². The summed E-state index contributed by atoms with van der Waals surface area (Å²) in [5.74, 6) is -0.378. The highest BCUT2D eigenvalue weighted by atomic mass is 16.2. The molecule has 0 spiro atoms. The fraction of sp³-hybridized carbons (Fsp3) is 0.174. The number of rotatable bonds is 3. The fourth-order valence-electron chi connectivity index (χ4n) is 3.78. The molecule has 1 N–H and O–H groups in total. The molecule has 1 amide bonds. The molecule has 5 heteroatoms. The van der Waals surface area contributed by atoms with Gasteiger partial charge < -0.3 is 5.32 Å². The summed E-state index contributed by atoms with van der Waals surface area (Å²) in [5.41, 5.74) is 3.79. The van der Waals surface area contributed by atoms with E-state index >= 15 is 0 Å². The van der Waals surface area contributed by atoms with Crippen LogP contribution in [0.25, 0.3) is 5.69 Å². The number of aromatic nitrogens is 1. The highest BCUT2D eigenvalue weighted by Gasteiger charge is 2.25. The maximum atomic E-state index is 13.1. The molecule has 4 rings (SSSR count). The molecule has 1 atom stereocenters. The van der Waals surface area contributed by atoms with Gasteiger partial charge in [0.25, 0.3) is 11.5 Å². The lowest BCUT2D eigenvalue weighted by atomic mass is 10.1. The van der Waals surface area contributed by atoms with Gasteiger partial charge in [0.15, 0.2) is 0 Å². The molecule has 0 fully saturated rings. The molecule has 138 valence electrons. The van der Waals surface area contributed by atoms with Crippen molar-refractivity contribution in [2.24, 2.45) is 0 Å². The number of pyridine rings is 1. The van der Waals surface area contributed by atoms with Crippen LogP contribution in [0.15, 0.2) is 65.5 Å². The SMILES string of the molecule is Cc1ccc(C(=O)N[C@H]2CCc3ccccc32)c(=O)n1-c1cccc(C#N)c1. The Balaban J connectivity index is 1.69. The predicted octanol–water partition coefficient (Wildman–Crippen LogP) is 3.43. The van der Waals surface area contributed by atoms with Crippen LogP contribution in [-0.2, 0) is 6.42 Å². The van der Waals surface area contributed by atoms with Crippen molar-refractivity contribution >= 4 is 5.91 Å². The molecule has 0 saturated carbocycles. The summed E-state index contributed by atoms with van der Waals surface area (Å²) in [6.07, 6.45) is 1.75. The Kier molecular flexibility index (Phi) is 4.54. The molecule has 0 unspecified atom stereocenters. The Hall–Kier alpha value is -3.65. The summed E-state index contributed by atoms with van der Waals surface area (Å²) >= 11 is 0. The van der Waals surface area contributed by atoms with Gasteiger partial charge in [0.2, 0.25) is 0 Å². The van der Waals surface area contributed by atoms with Crippen molar-refractivity contribution in [1.82, 2.24) is 9.88 Å². The fourth-order valence-corrected chi connectivity index (χ4v) is 3.78. The van der Waals surface area contributed by atoms with Crippen molar-refractivity contribution in [3.63, 3.8) is 0 Å². The lowest BCUT2D eigenvalue weighted by Crippen LogP contribution is -2.34. The molecular weight excluding hydrogens is 350 g/mol. The van der Waals surface area contributed by atoms with Crippen LogP contribution in [0, 0.1) is 18.3 Å². The van der Waals surface area contributed by atoms with Crippen LogP contribution < -0.4 is 10.9 Å². The Morgan fingerprint density at radius 1 is 1.14 bits per heavy atom. The molecule has 1 aliphatic carbocycles. The van der Waals surface area contributed by atoms with Gasteiger partial charge in [-0.3, -0.25) is 14.2 Å². The third kappa shape index (κ3) is 3.10. The van der Waals surface area contributed by atoms with E-state index in [2.05, 4.69) is 17.5 Å². The summed E-state index contributed by atoms with van der Waals surface area (Å²) in [5, 5.41) is 12.1. The summed E-state index contributed by atoms with van der Waals surface area (Å²) in [7, 11) is 0. The summed E-state index contributed by atoms with van der Waals surface area (Å²) in [4.78, 5) is 25.9. The second-order valence-electron chi connectivity index (χ2n) is 6.95. The van der Waals surface area contributed by atoms with E-state index in [1.54, 1.807) is 43.3 Å². The first-order chi connectivity index (χ1) is 13.6. The minimum absolute atomic E-state index is 0.0835. The maximum Gasteiger partial charge on any atom is 0.268 e. The third-order valence-corrected chi connectivity index (χ3v) is 5.19. The molecule has 2 aromatic carbocycles. The smallest absolute Gasteiger partial charge is 0.268 e. The number of nitriles is 1. The molecule has 0 bridgehead atoms. The summed E-state index contributed by atoms with van der Waals surface area (Å²) in [6, 6.07) is 20.2. The average molecular weight is 369 g/mol. The largest absolute Gasteiger partial charge is 0.345 e. The number of amides is 1. The number of hydrogen-bond donors (Lipinski definition) is 1. The zero-order valence-electron chi connectivity index (χ0n) is 15.5. The first-order valence-corrected chi connectivity index (χ1v) is 9.20. The predicted molar refractivity (Wildman–Crippen MR) is 106 cm³/mol. The number of benzene rings is 2. The van der Waals surface area contributed by atoms with E-state index in [4.69, 9.17) is 5.26 Å². The van der Waals surface area contributed by atoms with E-state index in [0.717, 1.165) is 18.4 Å². The molecule has 0 radical (unpaired) electrons. The van der Waals surface area contributed by atoms with Crippen LogP contribution in [0.2, 0.25) is 0 Å². The quantitative estimate of drug-likeness (QED) is 0.768. The standard InChI is InChI=1S/C23H19N3O2/c1-15-9-11-20(23(28)26(15)18-7-4-5-16(13-18)14-24)22(27)25-21-12-10-17-6-2-3-8-19(17)21/h2-9,11,13,21H,10,12H2,1H3,(H,25,27)/t21-/m0/s1. The van der Waals surface area contributed by atoms with Gasteiger partial charge in [-0.05, 0) is 61.2 Å². The van der Waals surface area contributed by atoms with Crippen LogP contribution >= 0.6 is 0 Å². The number of carbonyl (C=O) groups is 1. The van der Waals surface area contributed by atoms with Gasteiger partial charge >= 0.3 is 0 Å². The second kappa shape index (κ2) is 7.16.